The van der Waals surface area contributed by atoms with Gasteiger partial charge in [-0.1, -0.05) is 30.9 Å². The summed E-state index contributed by atoms with van der Waals surface area (Å²) < 4.78 is 23.7. The molecule has 0 unspecified atom stereocenters. The van der Waals surface area contributed by atoms with Crippen LogP contribution in [0, 0.1) is 0 Å². The molecule has 0 radical (unpaired) electrons. The van der Waals surface area contributed by atoms with Crippen molar-refractivity contribution in [3.8, 4) is 0 Å². The molecular weight excluding hydrogens is 186 g/mol. The maximum atomic E-state index is 10.7. The molecule has 13 heavy (non-hydrogen) atoms. The second-order valence-corrected chi connectivity index (χ2v) is 4.76. The Kier molecular flexibility index (Phi) is 4.66. The highest BCUT2D eigenvalue weighted by Gasteiger charge is 1.98. The van der Waals surface area contributed by atoms with Gasteiger partial charge in [-0.2, -0.15) is 0 Å². The lowest BCUT2D eigenvalue weighted by molar-refractivity contribution is 0.591. The molecule has 1 N–H and O–H groups in total. The van der Waals surface area contributed by atoms with Crippen LogP contribution in [0.4, 0.5) is 0 Å². The zero-order chi connectivity index (χ0) is 10.5. The lowest BCUT2D eigenvalue weighted by atomic mass is 10.2. The lowest BCUT2D eigenvalue weighted by Gasteiger charge is -2.00. The van der Waals surface area contributed by atoms with Crippen LogP contribution in [0.25, 0.3) is 0 Å². The van der Waals surface area contributed by atoms with Crippen LogP contribution in [0.2, 0.25) is 0 Å². The number of hydrogen-bond donors (Lipinski definition) is 1. The van der Waals surface area contributed by atoms with E-state index in [1.807, 2.05) is 6.92 Å². The van der Waals surface area contributed by atoms with Crippen LogP contribution in [-0.4, -0.2) is 21.2 Å². The maximum Gasteiger partial charge on any atom is 0.209 e. The average molecular weight is 201 g/mol. The quantitative estimate of drug-likeness (QED) is 0.680. The minimum atomic E-state index is -3.12. The van der Waals surface area contributed by atoms with E-state index in [4.69, 9.17) is 0 Å². The van der Waals surface area contributed by atoms with E-state index in [0.29, 0.717) is 5.57 Å². The molecule has 0 aliphatic carbocycles. The van der Waals surface area contributed by atoms with Gasteiger partial charge in [0.2, 0.25) is 10.0 Å². The molecule has 0 aromatic rings. The molecule has 0 saturated carbocycles. The highest BCUT2D eigenvalue weighted by atomic mass is 32.2. The van der Waals surface area contributed by atoms with E-state index in [2.05, 4.69) is 17.9 Å². The molecular formula is C9H15NO2S. The summed E-state index contributed by atoms with van der Waals surface area (Å²) in [4.78, 5) is 0. The molecule has 0 aliphatic heterocycles. The molecule has 3 nitrogen and oxygen atoms in total. The van der Waals surface area contributed by atoms with Crippen LogP contribution in [0.3, 0.4) is 0 Å². The van der Waals surface area contributed by atoms with Gasteiger partial charge in [-0.3, -0.25) is 0 Å². The Morgan fingerprint density at radius 1 is 1.38 bits per heavy atom. The Bertz CT molecular complexity index is 326. The standard InChI is InChI=1S/C9H15NO2S/c1-8(2)5-6-9(3)7-10-13(4,11)12/h5-6,10H,1,3,7H2,2,4H3/b6-5-. The molecule has 0 spiro atoms. The molecule has 0 rings (SSSR count). The largest absolute Gasteiger partial charge is 0.213 e. The summed E-state index contributed by atoms with van der Waals surface area (Å²) in [6.45, 7) is 9.44. The summed E-state index contributed by atoms with van der Waals surface area (Å²) >= 11 is 0. The molecule has 0 atom stereocenters. The van der Waals surface area contributed by atoms with Crippen LogP contribution in [0.15, 0.2) is 36.5 Å². The van der Waals surface area contributed by atoms with Crippen LogP contribution in [-0.2, 0) is 10.0 Å². The normalized spacial score (nSPS) is 11.8. The monoisotopic (exact) mass is 201 g/mol. The van der Waals surface area contributed by atoms with Crippen LogP contribution in [0.5, 0.6) is 0 Å². The molecule has 4 heteroatoms. The number of nitrogens with one attached hydrogen (secondary N) is 1. The first-order chi connectivity index (χ1) is 5.81. The van der Waals surface area contributed by atoms with Crippen LogP contribution < -0.4 is 4.72 Å². The van der Waals surface area contributed by atoms with Gasteiger partial charge in [-0.05, 0) is 12.5 Å². The van der Waals surface area contributed by atoms with E-state index in [0.717, 1.165) is 11.8 Å². The minimum absolute atomic E-state index is 0.239. The smallest absolute Gasteiger partial charge is 0.209 e. The first kappa shape index (κ1) is 12.1. The van der Waals surface area contributed by atoms with Gasteiger partial charge in [0.15, 0.2) is 0 Å². The molecule has 0 aliphatic rings. The summed E-state index contributed by atoms with van der Waals surface area (Å²) in [5.74, 6) is 0. The summed E-state index contributed by atoms with van der Waals surface area (Å²) in [6.07, 6.45) is 4.63. The zero-order valence-corrected chi connectivity index (χ0v) is 8.82. The van der Waals surface area contributed by atoms with Crippen molar-refractivity contribution in [2.45, 2.75) is 6.92 Å². The van der Waals surface area contributed by atoms with E-state index in [1.54, 1.807) is 12.2 Å². The third-order valence-electron chi connectivity index (χ3n) is 1.16. The van der Waals surface area contributed by atoms with Gasteiger partial charge < -0.3 is 0 Å². The Labute approximate surface area is 79.9 Å². The highest BCUT2D eigenvalue weighted by Crippen LogP contribution is 1.96. The SMILES string of the molecule is C=C(C)/C=C\C(=C)CNS(C)(=O)=O. The fourth-order valence-corrected chi connectivity index (χ4v) is 0.990. The molecule has 0 heterocycles. The predicted octanol–water partition coefficient (Wildman–Crippen LogP) is 1.22. The van der Waals surface area contributed by atoms with Crippen molar-refractivity contribution in [3.63, 3.8) is 0 Å². The number of hydrogen-bond acceptors (Lipinski definition) is 2. The minimum Gasteiger partial charge on any atom is -0.213 e. The molecule has 0 aromatic heterocycles. The van der Waals surface area contributed by atoms with E-state index in [-0.39, 0.29) is 6.54 Å². The summed E-state index contributed by atoms with van der Waals surface area (Å²) in [5, 5.41) is 0. The molecule has 0 amide bonds. The number of sulfonamides is 1. The fourth-order valence-electron chi connectivity index (χ4n) is 0.543. The third kappa shape index (κ3) is 9.04. The Balaban J connectivity index is 3.98. The van der Waals surface area contributed by atoms with Gasteiger partial charge >= 0.3 is 0 Å². The first-order valence-electron chi connectivity index (χ1n) is 3.77. The Morgan fingerprint density at radius 2 is 1.92 bits per heavy atom. The predicted molar refractivity (Wildman–Crippen MR) is 55.9 cm³/mol. The van der Waals surface area contributed by atoms with Crippen molar-refractivity contribution in [1.29, 1.82) is 0 Å². The van der Waals surface area contributed by atoms with Gasteiger partial charge in [0.25, 0.3) is 0 Å². The van der Waals surface area contributed by atoms with Gasteiger partial charge in [0.05, 0.1) is 6.26 Å². The van der Waals surface area contributed by atoms with E-state index < -0.39 is 10.0 Å². The van der Waals surface area contributed by atoms with Crippen LogP contribution >= 0.6 is 0 Å². The highest BCUT2D eigenvalue weighted by molar-refractivity contribution is 7.88. The van der Waals surface area contributed by atoms with Crippen molar-refractivity contribution in [2.75, 3.05) is 12.8 Å². The van der Waals surface area contributed by atoms with E-state index in [1.165, 1.54) is 0 Å². The molecule has 0 saturated heterocycles. The zero-order valence-electron chi connectivity index (χ0n) is 8.00. The van der Waals surface area contributed by atoms with Gasteiger partial charge in [-0.15, -0.1) is 0 Å². The van der Waals surface area contributed by atoms with Crippen molar-refractivity contribution >= 4 is 10.0 Å². The summed E-state index contributed by atoms with van der Waals surface area (Å²) in [5.41, 5.74) is 1.61. The third-order valence-corrected chi connectivity index (χ3v) is 1.83. The second-order valence-electron chi connectivity index (χ2n) is 2.93. The second kappa shape index (κ2) is 4.99. The van der Waals surface area contributed by atoms with Gasteiger partial charge in [-0.25, -0.2) is 13.1 Å². The Morgan fingerprint density at radius 3 is 2.31 bits per heavy atom. The average Bonchev–Trinajstić information content (AvgIpc) is 1.95. The maximum absolute atomic E-state index is 10.7. The van der Waals surface area contributed by atoms with Crippen molar-refractivity contribution < 1.29 is 8.42 Å². The van der Waals surface area contributed by atoms with Gasteiger partial charge in [0.1, 0.15) is 0 Å². The van der Waals surface area contributed by atoms with Crippen molar-refractivity contribution in [3.05, 3.63) is 36.5 Å². The van der Waals surface area contributed by atoms with E-state index >= 15 is 0 Å². The van der Waals surface area contributed by atoms with Crippen molar-refractivity contribution in [1.82, 2.24) is 4.72 Å². The van der Waals surface area contributed by atoms with Crippen LogP contribution in [0.1, 0.15) is 6.92 Å². The molecule has 0 bridgehead atoms. The fraction of sp³-hybridized carbons (Fsp3) is 0.333. The molecule has 0 fully saturated rings. The number of rotatable bonds is 5. The number of allylic oxidation sites excluding steroid dienone is 2. The van der Waals surface area contributed by atoms with E-state index in [9.17, 15) is 8.42 Å². The lowest BCUT2D eigenvalue weighted by Crippen LogP contribution is -2.23. The first-order valence-corrected chi connectivity index (χ1v) is 5.66. The van der Waals surface area contributed by atoms with Crippen molar-refractivity contribution in [2.24, 2.45) is 0 Å². The molecule has 74 valence electrons. The Hall–Kier alpha value is -0.870. The van der Waals surface area contributed by atoms with Gasteiger partial charge in [0, 0.05) is 6.54 Å². The summed E-state index contributed by atoms with van der Waals surface area (Å²) in [7, 11) is -3.12. The summed E-state index contributed by atoms with van der Waals surface area (Å²) in [6, 6.07) is 0. The topological polar surface area (TPSA) is 46.2 Å². The molecule has 0 aromatic carbocycles.